The molecule has 0 heterocycles. The van der Waals surface area contributed by atoms with Crippen molar-refractivity contribution in [1.82, 2.24) is 5.32 Å². The zero-order valence-electron chi connectivity index (χ0n) is 12.7. The summed E-state index contributed by atoms with van der Waals surface area (Å²) < 4.78 is 9.84. The molecule has 20 heavy (non-hydrogen) atoms. The molecule has 0 aromatic carbocycles. The van der Waals surface area contributed by atoms with Crippen molar-refractivity contribution in [2.24, 2.45) is 5.92 Å². The predicted molar refractivity (Wildman–Crippen MR) is 71.2 cm³/mol. The summed E-state index contributed by atoms with van der Waals surface area (Å²) in [5.41, 5.74) is -0.685. The van der Waals surface area contributed by atoms with E-state index in [-0.39, 0.29) is 5.92 Å². The number of carbonyl (C=O) groups is 3. The van der Waals surface area contributed by atoms with Gasteiger partial charge >= 0.3 is 18.0 Å². The molecule has 0 unspecified atom stereocenters. The Morgan fingerprint density at radius 3 is 1.95 bits per heavy atom. The van der Waals surface area contributed by atoms with Crippen molar-refractivity contribution in [1.29, 1.82) is 0 Å². The Labute approximate surface area is 118 Å². The van der Waals surface area contributed by atoms with Crippen LogP contribution in [0.4, 0.5) is 4.79 Å². The van der Waals surface area contributed by atoms with E-state index in [0.717, 1.165) is 0 Å². The number of carboxylic acids is 1. The van der Waals surface area contributed by atoms with E-state index in [4.69, 9.17) is 14.6 Å². The highest BCUT2D eigenvalue weighted by Crippen LogP contribution is 2.09. The minimum Gasteiger partial charge on any atom is -0.478 e. The quantitative estimate of drug-likeness (QED) is 0.744. The van der Waals surface area contributed by atoms with E-state index < -0.39 is 35.8 Å². The predicted octanol–water partition coefficient (Wildman–Crippen LogP) is 1.55. The van der Waals surface area contributed by atoms with Gasteiger partial charge in [-0.1, -0.05) is 13.8 Å². The number of hydrogen-bond donors (Lipinski definition) is 2. The third kappa shape index (κ3) is 6.96. The Hall–Kier alpha value is -1.79. The highest BCUT2D eigenvalue weighted by Gasteiger charge is 2.29. The van der Waals surface area contributed by atoms with Crippen LogP contribution in [-0.2, 0) is 19.1 Å². The number of nitrogens with one attached hydrogen (secondary N) is 1. The fourth-order valence-corrected chi connectivity index (χ4v) is 1.24. The van der Waals surface area contributed by atoms with Gasteiger partial charge in [-0.2, -0.15) is 0 Å². The molecule has 0 bridgehead atoms. The van der Waals surface area contributed by atoms with E-state index in [2.05, 4.69) is 5.32 Å². The summed E-state index contributed by atoms with van der Waals surface area (Å²) >= 11 is 0. The first-order valence-corrected chi connectivity index (χ1v) is 6.37. The van der Waals surface area contributed by atoms with Gasteiger partial charge in [-0.3, -0.25) is 0 Å². The molecule has 0 aliphatic rings. The topological polar surface area (TPSA) is 102 Å². The SMILES string of the molecule is CC(C)[C@H](OC(=O)[C@H](C)NC(=O)OC(C)(C)C)C(=O)O. The average molecular weight is 289 g/mol. The van der Waals surface area contributed by atoms with Crippen LogP contribution >= 0.6 is 0 Å². The first-order chi connectivity index (χ1) is 8.94. The number of alkyl carbamates (subject to hydrolysis) is 1. The largest absolute Gasteiger partial charge is 0.478 e. The minimum atomic E-state index is -1.25. The van der Waals surface area contributed by atoms with Gasteiger partial charge in [-0.15, -0.1) is 0 Å². The number of aliphatic carboxylic acids is 1. The van der Waals surface area contributed by atoms with Gasteiger partial charge in [0, 0.05) is 5.92 Å². The van der Waals surface area contributed by atoms with Crippen molar-refractivity contribution < 1.29 is 29.0 Å². The molecule has 0 aromatic rings. The highest BCUT2D eigenvalue weighted by molar-refractivity contribution is 5.83. The molecule has 1 amide bonds. The summed E-state index contributed by atoms with van der Waals surface area (Å²) in [6.45, 7) is 9.71. The summed E-state index contributed by atoms with van der Waals surface area (Å²) in [6.07, 6.45) is -2.01. The van der Waals surface area contributed by atoms with Gasteiger partial charge in [0.25, 0.3) is 0 Å². The smallest absolute Gasteiger partial charge is 0.408 e. The second kappa shape index (κ2) is 7.12. The van der Waals surface area contributed by atoms with Crippen molar-refractivity contribution in [3.8, 4) is 0 Å². The van der Waals surface area contributed by atoms with Gasteiger partial charge in [0.2, 0.25) is 6.10 Å². The Kier molecular flexibility index (Phi) is 6.48. The fourth-order valence-electron chi connectivity index (χ4n) is 1.24. The maximum Gasteiger partial charge on any atom is 0.408 e. The van der Waals surface area contributed by atoms with Crippen LogP contribution in [0, 0.1) is 5.92 Å². The van der Waals surface area contributed by atoms with Gasteiger partial charge in [-0.25, -0.2) is 14.4 Å². The molecule has 0 spiro atoms. The van der Waals surface area contributed by atoms with Crippen LogP contribution < -0.4 is 5.32 Å². The van der Waals surface area contributed by atoms with Crippen LogP contribution in [0.15, 0.2) is 0 Å². The lowest BCUT2D eigenvalue weighted by molar-refractivity contribution is -0.168. The molecule has 0 saturated heterocycles. The Morgan fingerprint density at radius 1 is 1.10 bits per heavy atom. The standard InChI is InChI=1S/C13H23NO6/c1-7(2)9(10(15)16)19-11(17)8(3)14-12(18)20-13(4,5)6/h7-9H,1-6H3,(H,14,18)(H,15,16)/t8-,9-/m0/s1. The molecule has 0 fully saturated rings. The van der Waals surface area contributed by atoms with Gasteiger partial charge in [0.15, 0.2) is 0 Å². The molecular weight excluding hydrogens is 266 g/mol. The van der Waals surface area contributed by atoms with Gasteiger partial charge in [0.05, 0.1) is 0 Å². The van der Waals surface area contributed by atoms with Crippen molar-refractivity contribution in [2.75, 3.05) is 0 Å². The number of carbonyl (C=O) groups excluding carboxylic acids is 2. The second-order valence-electron chi connectivity index (χ2n) is 5.81. The molecule has 7 nitrogen and oxygen atoms in total. The molecule has 0 rings (SSSR count). The van der Waals surface area contributed by atoms with E-state index in [1.165, 1.54) is 6.92 Å². The zero-order valence-corrected chi connectivity index (χ0v) is 12.7. The number of amides is 1. The van der Waals surface area contributed by atoms with Crippen molar-refractivity contribution in [3.05, 3.63) is 0 Å². The molecular formula is C13H23NO6. The normalized spacial score (nSPS) is 14.3. The maximum atomic E-state index is 11.7. The highest BCUT2D eigenvalue weighted by atomic mass is 16.6. The molecule has 0 saturated carbocycles. The number of esters is 1. The van der Waals surface area contributed by atoms with Crippen LogP contribution in [0.5, 0.6) is 0 Å². The summed E-state index contributed by atoms with van der Waals surface area (Å²) in [5, 5.41) is 11.2. The summed E-state index contributed by atoms with van der Waals surface area (Å²) in [7, 11) is 0. The Balaban J connectivity index is 4.48. The minimum absolute atomic E-state index is 0.370. The molecule has 0 aliphatic heterocycles. The molecule has 0 aliphatic carbocycles. The first-order valence-electron chi connectivity index (χ1n) is 6.37. The van der Waals surface area contributed by atoms with E-state index in [1.807, 2.05) is 0 Å². The Bertz CT molecular complexity index is 372. The second-order valence-corrected chi connectivity index (χ2v) is 5.81. The number of ether oxygens (including phenoxy) is 2. The van der Waals surface area contributed by atoms with Gasteiger partial charge in [-0.05, 0) is 27.7 Å². The van der Waals surface area contributed by atoms with Crippen molar-refractivity contribution >= 4 is 18.0 Å². The maximum absolute atomic E-state index is 11.7. The van der Waals surface area contributed by atoms with Crippen LogP contribution in [0.1, 0.15) is 41.5 Å². The van der Waals surface area contributed by atoms with Gasteiger partial charge in [0.1, 0.15) is 11.6 Å². The summed E-state index contributed by atoms with van der Waals surface area (Å²) in [6, 6.07) is -0.995. The summed E-state index contributed by atoms with van der Waals surface area (Å²) in [4.78, 5) is 34.1. The average Bonchev–Trinajstić information content (AvgIpc) is 2.21. The van der Waals surface area contributed by atoms with E-state index in [1.54, 1.807) is 34.6 Å². The van der Waals surface area contributed by atoms with Crippen molar-refractivity contribution in [3.63, 3.8) is 0 Å². The number of carboxylic acid groups (broad SMARTS) is 1. The van der Waals surface area contributed by atoms with E-state index >= 15 is 0 Å². The third-order valence-electron chi connectivity index (χ3n) is 2.18. The molecule has 116 valence electrons. The number of hydrogen-bond acceptors (Lipinski definition) is 5. The van der Waals surface area contributed by atoms with Crippen LogP contribution in [0.2, 0.25) is 0 Å². The number of rotatable bonds is 5. The van der Waals surface area contributed by atoms with Gasteiger partial charge < -0.3 is 19.9 Å². The molecule has 2 N–H and O–H groups in total. The molecule has 0 radical (unpaired) electrons. The van der Waals surface area contributed by atoms with Crippen LogP contribution in [0.25, 0.3) is 0 Å². The third-order valence-corrected chi connectivity index (χ3v) is 2.18. The summed E-state index contributed by atoms with van der Waals surface area (Å²) in [5.74, 6) is -2.42. The molecule has 2 atom stereocenters. The molecule has 0 aromatic heterocycles. The Morgan fingerprint density at radius 2 is 1.60 bits per heavy atom. The zero-order chi connectivity index (χ0) is 16.1. The van der Waals surface area contributed by atoms with E-state index in [9.17, 15) is 14.4 Å². The lowest BCUT2D eigenvalue weighted by Gasteiger charge is -2.23. The van der Waals surface area contributed by atoms with Crippen molar-refractivity contribution in [2.45, 2.75) is 59.3 Å². The fraction of sp³-hybridized carbons (Fsp3) is 0.769. The van der Waals surface area contributed by atoms with Crippen LogP contribution in [-0.4, -0.2) is 40.9 Å². The lowest BCUT2D eigenvalue weighted by Crippen LogP contribution is -2.44. The van der Waals surface area contributed by atoms with Crippen LogP contribution in [0.3, 0.4) is 0 Å². The molecule has 7 heteroatoms. The monoisotopic (exact) mass is 289 g/mol. The van der Waals surface area contributed by atoms with E-state index in [0.29, 0.717) is 0 Å². The first kappa shape index (κ1) is 18.2. The lowest BCUT2D eigenvalue weighted by atomic mass is 10.1.